The van der Waals surface area contributed by atoms with E-state index in [0.29, 0.717) is 17.5 Å². The van der Waals surface area contributed by atoms with Crippen molar-refractivity contribution in [2.45, 2.75) is 57.7 Å². The van der Waals surface area contributed by atoms with Crippen molar-refractivity contribution >= 4 is 5.96 Å². The van der Waals surface area contributed by atoms with E-state index in [2.05, 4.69) is 34.4 Å². The van der Waals surface area contributed by atoms with E-state index in [1.807, 2.05) is 7.05 Å². The molecule has 0 aromatic heterocycles. The average molecular weight is 250 g/mol. The maximum absolute atomic E-state index is 4.36. The molecule has 3 aliphatic rings. The Labute approximate surface area is 110 Å². The van der Waals surface area contributed by atoms with Crippen LogP contribution in [0.1, 0.15) is 39.5 Å². The van der Waals surface area contributed by atoms with Crippen molar-refractivity contribution in [2.75, 3.05) is 20.1 Å². The van der Waals surface area contributed by atoms with Crippen LogP contribution in [0.15, 0.2) is 4.99 Å². The third-order valence-corrected chi connectivity index (χ3v) is 4.67. The van der Waals surface area contributed by atoms with Crippen molar-refractivity contribution in [1.82, 2.24) is 15.5 Å². The van der Waals surface area contributed by atoms with Crippen LogP contribution in [-0.4, -0.2) is 49.1 Å². The lowest BCUT2D eigenvalue weighted by molar-refractivity contribution is 0.321. The molecule has 18 heavy (non-hydrogen) atoms. The Bertz CT molecular complexity index is 346. The Morgan fingerprint density at radius 2 is 1.94 bits per heavy atom. The van der Waals surface area contributed by atoms with Gasteiger partial charge in [-0.2, -0.15) is 0 Å². The lowest BCUT2D eigenvalue weighted by Gasteiger charge is -2.19. The van der Waals surface area contributed by atoms with Crippen LogP contribution in [0.5, 0.6) is 0 Å². The summed E-state index contributed by atoms with van der Waals surface area (Å²) in [6.45, 7) is 7.07. The molecule has 102 valence electrons. The zero-order valence-electron chi connectivity index (χ0n) is 11.9. The highest BCUT2D eigenvalue weighted by Gasteiger charge is 2.46. The summed E-state index contributed by atoms with van der Waals surface area (Å²) in [6.07, 6.45) is 5.34. The summed E-state index contributed by atoms with van der Waals surface area (Å²) in [5, 5.41) is 7.12. The molecular weight excluding hydrogens is 224 g/mol. The molecule has 4 heteroatoms. The predicted molar refractivity (Wildman–Crippen MR) is 74.8 cm³/mol. The number of likely N-dealkylation sites (tertiary alicyclic amines) is 1. The standard InChI is InChI=1S/C14H26N4/c1-14(2)8-12(14)17-13(15-3)16-10-6-7-18(9-10)11-4-5-11/h10-12H,4-9H2,1-3H3,(H2,15,16,17). The molecule has 1 heterocycles. The minimum atomic E-state index is 0.452. The van der Waals surface area contributed by atoms with Gasteiger partial charge in [0.25, 0.3) is 0 Å². The Morgan fingerprint density at radius 1 is 1.22 bits per heavy atom. The first kappa shape index (κ1) is 12.3. The summed E-state index contributed by atoms with van der Waals surface area (Å²) in [4.78, 5) is 6.99. The summed E-state index contributed by atoms with van der Waals surface area (Å²) >= 11 is 0. The first-order valence-corrected chi connectivity index (χ1v) is 7.32. The van der Waals surface area contributed by atoms with Gasteiger partial charge in [0.1, 0.15) is 0 Å². The van der Waals surface area contributed by atoms with Gasteiger partial charge in [0.05, 0.1) is 0 Å². The third kappa shape index (κ3) is 2.63. The smallest absolute Gasteiger partial charge is 0.191 e. The molecule has 1 saturated heterocycles. The summed E-state index contributed by atoms with van der Waals surface area (Å²) < 4.78 is 0. The number of hydrogen-bond acceptors (Lipinski definition) is 2. The average Bonchev–Trinajstić information content (AvgIpc) is 3.21. The predicted octanol–water partition coefficient (Wildman–Crippen LogP) is 1.19. The molecule has 0 radical (unpaired) electrons. The zero-order chi connectivity index (χ0) is 12.8. The van der Waals surface area contributed by atoms with E-state index in [0.717, 1.165) is 12.0 Å². The first-order chi connectivity index (χ1) is 8.58. The molecule has 0 spiro atoms. The molecule has 1 aliphatic heterocycles. The SMILES string of the molecule is CN=C(NC1CCN(C2CC2)C1)NC1CC1(C)C. The molecule has 4 nitrogen and oxygen atoms in total. The fourth-order valence-electron chi connectivity index (χ4n) is 2.92. The molecule has 2 atom stereocenters. The van der Waals surface area contributed by atoms with Crippen LogP contribution >= 0.6 is 0 Å². The Hall–Kier alpha value is -0.770. The Morgan fingerprint density at radius 3 is 2.50 bits per heavy atom. The highest BCUT2D eigenvalue weighted by molar-refractivity contribution is 5.80. The molecule has 0 bridgehead atoms. The van der Waals surface area contributed by atoms with E-state index in [4.69, 9.17) is 0 Å². The van der Waals surface area contributed by atoms with Gasteiger partial charge in [-0.15, -0.1) is 0 Å². The summed E-state index contributed by atoms with van der Waals surface area (Å²) in [6, 6.07) is 2.08. The molecule has 2 N–H and O–H groups in total. The highest BCUT2D eigenvalue weighted by Crippen LogP contribution is 2.44. The molecular formula is C14H26N4. The molecule has 2 saturated carbocycles. The fourth-order valence-corrected chi connectivity index (χ4v) is 2.92. The van der Waals surface area contributed by atoms with Crippen molar-refractivity contribution in [1.29, 1.82) is 0 Å². The maximum Gasteiger partial charge on any atom is 0.191 e. The van der Waals surface area contributed by atoms with E-state index < -0.39 is 0 Å². The molecule has 3 fully saturated rings. The number of nitrogens with one attached hydrogen (secondary N) is 2. The molecule has 3 rings (SSSR count). The van der Waals surface area contributed by atoms with Crippen LogP contribution in [0.25, 0.3) is 0 Å². The van der Waals surface area contributed by atoms with Crippen molar-refractivity contribution in [3.05, 3.63) is 0 Å². The van der Waals surface area contributed by atoms with E-state index in [9.17, 15) is 0 Å². The number of nitrogens with zero attached hydrogens (tertiary/aromatic N) is 2. The topological polar surface area (TPSA) is 39.7 Å². The van der Waals surface area contributed by atoms with E-state index >= 15 is 0 Å². The van der Waals surface area contributed by atoms with E-state index in [-0.39, 0.29) is 0 Å². The second-order valence-corrected chi connectivity index (χ2v) is 6.82. The zero-order valence-corrected chi connectivity index (χ0v) is 11.9. The third-order valence-electron chi connectivity index (χ3n) is 4.67. The normalized spacial score (nSPS) is 35.6. The van der Waals surface area contributed by atoms with Crippen LogP contribution < -0.4 is 10.6 Å². The van der Waals surface area contributed by atoms with Crippen LogP contribution in [0.3, 0.4) is 0 Å². The quantitative estimate of drug-likeness (QED) is 0.584. The van der Waals surface area contributed by atoms with Gasteiger partial charge >= 0.3 is 0 Å². The van der Waals surface area contributed by atoms with E-state index in [1.165, 1.54) is 38.8 Å². The maximum atomic E-state index is 4.36. The van der Waals surface area contributed by atoms with Crippen molar-refractivity contribution in [3.8, 4) is 0 Å². The molecule has 0 aromatic carbocycles. The fraction of sp³-hybridized carbons (Fsp3) is 0.929. The van der Waals surface area contributed by atoms with Gasteiger partial charge < -0.3 is 10.6 Å². The monoisotopic (exact) mass is 250 g/mol. The van der Waals surface area contributed by atoms with Gasteiger partial charge in [-0.3, -0.25) is 9.89 Å². The Kier molecular flexibility index (Phi) is 3.00. The second-order valence-electron chi connectivity index (χ2n) is 6.82. The van der Waals surface area contributed by atoms with Gasteiger partial charge in [0.15, 0.2) is 5.96 Å². The summed E-state index contributed by atoms with van der Waals surface area (Å²) in [5.74, 6) is 0.994. The Balaban J connectivity index is 1.46. The van der Waals surface area contributed by atoms with Crippen LogP contribution in [0, 0.1) is 5.41 Å². The van der Waals surface area contributed by atoms with Gasteiger partial charge in [-0.05, 0) is 31.1 Å². The van der Waals surface area contributed by atoms with Gasteiger partial charge in [-0.1, -0.05) is 13.8 Å². The molecule has 0 aromatic rings. The van der Waals surface area contributed by atoms with Crippen molar-refractivity contribution in [2.24, 2.45) is 10.4 Å². The number of rotatable bonds is 3. The second kappa shape index (κ2) is 4.41. The van der Waals surface area contributed by atoms with Gasteiger partial charge in [-0.25, -0.2) is 0 Å². The number of hydrogen-bond donors (Lipinski definition) is 2. The summed E-state index contributed by atoms with van der Waals surface area (Å²) in [7, 11) is 1.87. The van der Waals surface area contributed by atoms with Crippen molar-refractivity contribution in [3.63, 3.8) is 0 Å². The van der Waals surface area contributed by atoms with Gasteiger partial charge in [0, 0.05) is 38.3 Å². The minimum Gasteiger partial charge on any atom is -0.353 e. The number of aliphatic imine (C=N–C) groups is 1. The minimum absolute atomic E-state index is 0.452. The molecule has 0 amide bonds. The summed E-state index contributed by atoms with van der Waals surface area (Å²) in [5.41, 5.74) is 0.452. The first-order valence-electron chi connectivity index (χ1n) is 7.32. The van der Waals surface area contributed by atoms with Crippen LogP contribution in [0.2, 0.25) is 0 Å². The van der Waals surface area contributed by atoms with Crippen LogP contribution in [0.4, 0.5) is 0 Å². The lowest BCUT2D eigenvalue weighted by Crippen LogP contribution is -2.46. The van der Waals surface area contributed by atoms with Crippen molar-refractivity contribution < 1.29 is 0 Å². The largest absolute Gasteiger partial charge is 0.353 e. The lowest BCUT2D eigenvalue weighted by atomic mass is 10.2. The molecule has 2 unspecified atom stereocenters. The highest BCUT2D eigenvalue weighted by atomic mass is 15.3. The van der Waals surface area contributed by atoms with Crippen LogP contribution in [-0.2, 0) is 0 Å². The number of guanidine groups is 1. The van der Waals surface area contributed by atoms with E-state index in [1.54, 1.807) is 0 Å². The molecule has 2 aliphatic carbocycles. The van der Waals surface area contributed by atoms with Gasteiger partial charge in [0.2, 0.25) is 0 Å².